The summed E-state index contributed by atoms with van der Waals surface area (Å²) in [6.45, 7) is 2.00. The first-order valence-electron chi connectivity index (χ1n) is 2.73. The summed E-state index contributed by atoms with van der Waals surface area (Å²) in [5.74, 6) is 0. The van der Waals surface area contributed by atoms with Gasteiger partial charge in [-0.05, 0) is 13.0 Å². The smallest absolute Gasteiger partial charge is 0.778 e. The van der Waals surface area contributed by atoms with Gasteiger partial charge < -0.3 is 18.4 Å². The molecule has 0 atom stereocenters. The topological polar surface area (TPSA) is 26.0 Å². The van der Waals surface area contributed by atoms with Crippen molar-refractivity contribution in [2.45, 2.75) is 11.8 Å². The molecule has 3 heteroatoms. The Kier molecular flexibility index (Phi) is 5.10. The minimum absolute atomic E-state index is 0. The van der Waals surface area contributed by atoms with Gasteiger partial charge in [0, 0.05) is 5.69 Å². The third-order valence-electron chi connectivity index (χ3n) is 1.17. The van der Waals surface area contributed by atoms with Crippen molar-refractivity contribution >= 4 is 18.3 Å². The molecule has 0 amide bonds. The van der Waals surface area contributed by atoms with Crippen LogP contribution in [0.25, 0.3) is 0 Å². The molecule has 0 spiro atoms. The molecule has 1 aromatic carbocycles. The first-order chi connectivity index (χ1) is 4.20. The minimum Gasteiger partial charge on any atom is -0.778 e. The number of nitrogen functional groups attached to an aromatic ring is 1. The van der Waals surface area contributed by atoms with E-state index in [0.717, 1.165) is 10.5 Å². The fraction of sp³-hybridized carbons (Fsp3) is 0.143. The summed E-state index contributed by atoms with van der Waals surface area (Å²) < 4.78 is 0. The van der Waals surface area contributed by atoms with Crippen molar-refractivity contribution in [2.24, 2.45) is 0 Å². The van der Waals surface area contributed by atoms with Crippen molar-refractivity contribution in [3.8, 4) is 0 Å². The number of benzene rings is 1. The zero-order chi connectivity index (χ0) is 6.85. The zero-order valence-corrected chi connectivity index (χ0v) is 10.2. The van der Waals surface area contributed by atoms with E-state index < -0.39 is 0 Å². The Labute approximate surface area is 109 Å². The first kappa shape index (κ1) is 10.9. The Bertz CT molecular complexity index is 225. The van der Waals surface area contributed by atoms with Crippen LogP contribution in [0.5, 0.6) is 0 Å². The average molecular weight is 177 g/mol. The van der Waals surface area contributed by atoms with Gasteiger partial charge in [-0.25, -0.2) is 0 Å². The third-order valence-corrected chi connectivity index (χ3v) is 1.52. The summed E-state index contributed by atoms with van der Waals surface area (Å²) in [7, 11) is 0. The maximum absolute atomic E-state index is 5.48. The van der Waals surface area contributed by atoms with E-state index in [1.165, 1.54) is 0 Å². The summed E-state index contributed by atoms with van der Waals surface area (Å²) in [6.07, 6.45) is 0. The van der Waals surface area contributed by atoms with Crippen molar-refractivity contribution in [1.82, 2.24) is 0 Å². The molecule has 0 aromatic heterocycles. The molecule has 48 valence electrons. The molecule has 0 aliphatic heterocycles. The molecule has 0 saturated heterocycles. The number of rotatable bonds is 0. The predicted octanol–water partition coefficient (Wildman–Crippen LogP) is -1.51. The molecule has 2 N–H and O–H groups in total. The van der Waals surface area contributed by atoms with Crippen LogP contribution in [0.4, 0.5) is 5.69 Å². The van der Waals surface area contributed by atoms with E-state index in [1.807, 2.05) is 25.1 Å². The van der Waals surface area contributed by atoms with Gasteiger partial charge in [-0.2, -0.15) is 4.90 Å². The molecule has 1 aromatic rings. The Balaban J connectivity index is 0.000000810. The normalized spacial score (nSPS) is 8.50. The molecule has 1 nitrogen and oxygen atoms in total. The summed E-state index contributed by atoms with van der Waals surface area (Å²) >= 11 is 4.92. The van der Waals surface area contributed by atoms with Crippen LogP contribution in [0.2, 0.25) is 0 Å². The van der Waals surface area contributed by atoms with E-state index in [2.05, 4.69) is 0 Å². The molecule has 0 fully saturated rings. The Morgan fingerprint density at radius 2 is 2.00 bits per heavy atom. The van der Waals surface area contributed by atoms with E-state index >= 15 is 0 Å². The van der Waals surface area contributed by atoms with Crippen molar-refractivity contribution < 1.29 is 51.4 Å². The number of hydrogen-bond donors (Lipinski definition) is 1. The van der Waals surface area contributed by atoms with Crippen molar-refractivity contribution in [3.05, 3.63) is 23.8 Å². The van der Waals surface area contributed by atoms with Gasteiger partial charge in [-0.1, -0.05) is 17.7 Å². The number of aryl methyl sites for hydroxylation is 1. The average Bonchev–Trinajstić information content (AvgIpc) is 1.80. The fourth-order valence-corrected chi connectivity index (χ4v) is 0.896. The van der Waals surface area contributed by atoms with E-state index in [9.17, 15) is 0 Å². The third kappa shape index (κ3) is 2.86. The van der Waals surface area contributed by atoms with E-state index in [1.54, 1.807) is 0 Å². The maximum Gasteiger partial charge on any atom is 1.00 e. The van der Waals surface area contributed by atoms with Gasteiger partial charge in [0.2, 0.25) is 0 Å². The van der Waals surface area contributed by atoms with Gasteiger partial charge in [0.1, 0.15) is 0 Å². The Morgan fingerprint density at radius 3 is 2.40 bits per heavy atom. The molecule has 0 saturated carbocycles. The summed E-state index contributed by atoms with van der Waals surface area (Å²) in [5, 5.41) is 0. The largest absolute Gasteiger partial charge is 1.00 e. The Hall–Kier alpha value is 0.876. The standard InChI is InChI=1S/C7H9NS.K/c1-5-2-3-6(8)7(9)4-5;/h2-4,9H,8H2,1H3;/q;+1/p-1. The molecule has 0 bridgehead atoms. The molecular weight excluding hydrogens is 169 g/mol. The number of nitrogens with two attached hydrogens (primary N) is 1. The summed E-state index contributed by atoms with van der Waals surface area (Å²) in [6, 6.07) is 5.67. The second-order valence-electron chi connectivity index (χ2n) is 2.04. The van der Waals surface area contributed by atoms with Crippen LogP contribution in [0.15, 0.2) is 23.1 Å². The van der Waals surface area contributed by atoms with Gasteiger partial charge in [0.15, 0.2) is 0 Å². The maximum atomic E-state index is 5.48. The molecule has 0 heterocycles. The SMILES string of the molecule is Cc1ccc(N)c([S-])c1.[K+]. The van der Waals surface area contributed by atoms with Crippen LogP contribution in [-0.4, -0.2) is 0 Å². The zero-order valence-electron chi connectivity index (χ0n) is 6.22. The fourth-order valence-electron chi connectivity index (χ4n) is 0.642. The summed E-state index contributed by atoms with van der Waals surface area (Å²) in [4.78, 5) is 0.745. The van der Waals surface area contributed by atoms with Crippen molar-refractivity contribution in [1.29, 1.82) is 0 Å². The van der Waals surface area contributed by atoms with Gasteiger partial charge in [0.25, 0.3) is 0 Å². The van der Waals surface area contributed by atoms with Crippen LogP contribution >= 0.6 is 0 Å². The van der Waals surface area contributed by atoms with Crippen LogP contribution in [-0.2, 0) is 12.6 Å². The van der Waals surface area contributed by atoms with Gasteiger partial charge in [0.05, 0.1) is 0 Å². The molecule has 0 unspecified atom stereocenters. The van der Waals surface area contributed by atoms with Crippen LogP contribution in [0.1, 0.15) is 5.56 Å². The van der Waals surface area contributed by atoms with Crippen molar-refractivity contribution in [2.75, 3.05) is 5.73 Å². The first-order valence-corrected chi connectivity index (χ1v) is 3.14. The number of hydrogen-bond acceptors (Lipinski definition) is 2. The molecule has 0 aliphatic rings. The predicted molar refractivity (Wildman–Crippen MR) is 41.2 cm³/mol. The number of anilines is 1. The van der Waals surface area contributed by atoms with Crippen LogP contribution in [0, 0.1) is 6.92 Å². The van der Waals surface area contributed by atoms with Gasteiger partial charge >= 0.3 is 51.4 Å². The monoisotopic (exact) mass is 177 g/mol. The van der Waals surface area contributed by atoms with E-state index in [-0.39, 0.29) is 51.4 Å². The van der Waals surface area contributed by atoms with Gasteiger partial charge in [-0.15, -0.1) is 0 Å². The molecule has 0 radical (unpaired) electrons. The quantitative estimate of drug-likeness (QED) is 0.296. The second kappa shape index (κ2) is 4.69. The van der Waals surface area contributed by atoms with Crippen molar-refractivity contribution in [3.63, 3.8) is 0 Å². The van der Waals surface area contributed by atoms with E-state index in [0.29, 0.717) is 5.69 Å². The second-order valence-corrected chi connectivity index (χ2v) is 2.48. The Morgan fingerprint density at radius 1 is 1.40 bits per heavy atom. The minimum atomic E-state index is 0. The van der Waals surface area contributed by atoms with Crippen LogP contribution < -0.4 is 57.1 Å². The van der Waals surface area contributed by atoms with Crippen LogP contribution in [0.3, 0.4) is 0 Å². The molecule has 0 aliphatic carbocycles. The van der Waals surface area contributed by atoms with Gasteiger partial charge in [-0.3, -0.25) is 0 Å². The molecule has 1 rings (SSSR count). The molecule has 10 heavy (non-hydrogen) atoms. The molecular formula is C7H8KNS. The summed E-state index contributed by atoms with van der Waals surface area (Å²) in [5.41, 5.74) is 7.34. The van der Waals surface area contributed by atoms with E-state index in [4.69, 9.17) is 18.4 Å².